The molecule has 0 saturated heterocycles. The van der Waals surface area contributed by atoms with Crippen LogP contribution in [0, 0.1) is 6.92 Å². The minimum atomic E-state index is 0.671. The average molecular weight is 136 g/mol. The minimum absolute atomic E-state index is 0.671. The predicted molar refractivity (Wildman–Crippen MR) is 39.9 cm³/mol. The maximum absolute atomic E-state index is 5.03. The summed E-state index contributed by atoms with van der Waals surface area (Å²) in [6.07, 6.45) is 2.41. The van der Waals surface area contributed by atoms with Crippen LogP contribution in [0.4, 0.5) is 0 Å². The molecule has 0 unspecified atom stereocenters. The Morgan fingerprint density at radius 3 is 3.00 bits per heavy atom. The molecule has 0 aliphatic carbocycles. The van der Waals surface area contributed by atoms with Crippen LogP contribution in [0.15, 0.2) is 18.3 Å². The van der Waals surface area contributed by atoms with Crippen molar-refractivity contribution >= 4 is 0 Å². The van der Waals surface area contributed by atoms with Gasteiger partial charge in [-0.15, -0.1) is 0 Å². The van der Waals surface area contributed by atoms with Crippen LogP contribution in [0.5, 0.6) is 5.75 Å². The molecule has 0 atom stereocenters. The van der Waals surface area contributed by atoms with Gasteiger partial charge in [-0.25, -0.2) is 0 Å². The van der Waals surface area contributed by atoms with Crippen LogP contribution in [0.3, 0.4) is 0 Å². The monoisotopic (exact) mass is 136 g/mol. The van der Waals surface area contributed by atoms with Crippen molar-refractivity contribution in [2.24, 2.45) is 0 Å². The standard InChI is InChI=1S/C8H10NO/c1-3-7-8(10-2)5-4-6-9-7/h4-6H,1,3H2,2H3. The fraction of sp³-hybridized carbons (Fsp3) is 0.250. The first-order valence-corrected chi connectivity index (χ1v) is 3.15. The van der Waals surface area contributed by atoms with Gasteiger partial charge in [0, 0.05) is 6.20 Å². The van der Waals surface area contributed by atoms with Crippen molar-refractivity contribution in [2.45, 2.75) is 6.42 Å². The van der Waals surface area contributed by atoms with Crippen molar-refractivity contribution in [1.29, 1.82) is 0 Å². The zero-order chi connectivity index (χ0) is 7.40. The van der Waals surface area contributed by atoms with Crippen LogP contribution in [-0.4, -0.2) is 12.1 Å². The molecule has 0 saturated carbocycles. The summed E-state index contributed by atoms with van der Waals surface area (Å²) in [7, 11) is 1.64. The summed E-state index contributed by atoms with van der Waals surface area (Å²) in [4.78, 5) is 4.08. The second-order valence-corrected chi connectivity index (χ2v) is 1.90. The highest BCUT2D eigenvalue weighted by atomic mass is 16.5. The van der Waals surface area contributed by atoms with E-state index in [0.29, 0.717) is 6.42 Å². The maximum atomic E-state index is 5.03. The molecule has 0 amide bonds. The van der Waals surface area contributed by atoms with E-state index >= 15 is 0 Å². The van der Waals surface area contributed by atoms with Crippen LogP contribution in [0.1, 0.15) is 5.69 Å². The quantitative estimate of drug-likeness (QED) is 0.614. The third-order valence-corrected chi connectivity index (χ3v) is 1.31. The topological polar surface area (TPSA) is 22.1 Å². The predicted octanol–water partition coefficient (Wildman–Crippen LogP) is 1.47. The first-order valence-electron chi connectivity index (χ1n) is 3.15. The lowest BCUT2D eigenvalue weighted by molar-refractivity contribution is 0.408. The zero-order valence-corrected chi connectivity index (χ0v) is 6.00. The highest BCUT2D eigenvalue weighted by Gasteiger charge is 1.97. The number of hydrogen-bond donors (Lipinski definition) is 0. The lowest BCUT2D eigenvalue weighted by Crippen LogP contribution is -1.92. The first-order chi connectivity index (χ1) is 4.88. The maximum Gasteiger partial charge on any atom is 0.140 e. The molecule has 1 rings (SSSR count). The second-order valence-electron chi connectivity index (χ2n) is 1.90. The van der Waals surface area contributed by atoms with Crippen molar-refractivity contribution < 1.29 is 4.74 Å². The lowest BCUT2D eigenvalue weighted by Gasteiger charge is -2.02. The summed E-state index contributed by atoms with van der Waals surface area (Å²) < 4.78 is 5.03. The summed E-state index contributed by atoms with van der Waals surface area (Å²) in [5.74, 6) is 0.817. The minimum Gasteiger partial charge on any atom is -0.495 e. The van der Waals surface area contributed by atoms with Crippen molar-refractivity contribution in [1.82, 2.24) is 4.98 Å². The molecule has 0 N–H and O–H groups in total. The number of rotatable bonds is 2. The van der Waals surface area contributed by atoms with Gasteiger partial charge in [-0.05, 0) is 25.5 Å². The van der Waals surface area contributed by atoms with Crippen molar-refractivity contribution in [3.05, 3.63) is 30.9 Å². The number of methoxy groups -OCH3 is 1. The molecule has 0 fully saturated rings. The van der Waals surface area contributed by atoms with E-state index in [1.54, 1.807) is 13.3 Å². The molecular weight excluding hydrogens is 126 g/mol. The van der Waals surface area contributed by atoms with Gasteiger partial charge in [-0.3, -0.25) is 4.98 Å². The zero-order valence-electron chi connectivity index (χ0n) is 6.00. The molecule has 53 valence electrons. The summed E-state index contributed by atoms with van der Waals surface area (Å²) in [6, 6.07) is 3.73. The molecule has 0 spiro atoms. The van der Waals surface area contributed by atoms with Gasteiger partial charge in [0.15, 0.2) is 0 Å². The van der Waals surface area contributed by atoms with E-state index in [1.165, 1.54) is 0 Å². The molecule has 1 aromatic rings. The van der Waals surface area contributed by atoms with Gasteiger partial charge in [0.2, 0.25) is 0 Å². The average Bonchev–Trinajstić information content (AvgIpc) is 2.04. The Hall–Kier alpha value is -1.05. The fourth-order valence-corrected chi connectivity index (χ4v) is 0.797. The Morgan fingerprint density at radius 2 is 2.50 bits per heavy atom. The van der Waals surface area contributed by atoms with Gasteiger partial charge < -0.3 is 4.74 Å². The Labute approximate surface area is 60.9 Å². The summed E-state index contributed by atoms with van der Waals surface area (Å²) in [5, 5.41) is 0. The lowest BCUT2D eigenvalue weighted by atomic mass is 10.3. The van der Waals surface area contributed by atoms with Crippen molar-refractivity contribution in [3.8, 4) is 5.75 Å². The molecule has 2 nitrogen and oxygen atoms in total. The van der Waals surface area contributed by atoms with E-state index in [2.05, 4.69) is 11.9 Å². The molecule has 1 heterocycles. The molecule has 10 heavy (non-hydrogen) atoms. The first kappa shape index (κ1) is 7.06. The van der Waals surface area contributed by atoms with Crippen LogP contribution in [-0.2, 0) is 6.42 Å². The number of hydrogen-bond acceptors (Lipinski definition) is 2. The van der Waals surface area contributed by atoms with E-state index < -0.39 is 0 Å². The van der Waals surface area contributed by atoms with E-state index in [-0.39, 0.29) is 0 Å². The van der Waals surface area contributed by atoms with E-state index in [9.17, 15) is 0 Å². The normalized spacial score (nSPS) is 9.40. The molecule has 0 aliphatic heterocycles. The Bertz CT molecular complexity index is 187. The van der Waals surface area contributed by atoms with Crippen molar-refractivity contribution in [2.75, 3.05) is 7.11 Å². The van der Waals surface area contributed by atoms with Gasteiger partial charge in [0.05, 0.1) is 12.8 Å². The highest BCUT2D eigenvalue weighted by molar-refractivity contribution is 5.26. The molecule has 0 aliphatic rings. The van der Waals surface area contributed by atoms with Gasteiger partial charge in [0.25, 0.3) is 0 Å². The van der Waals surface area contributed by atoms with E-state index in [1.807, 2.05) is 12.1 Å². The number of ether oxygens (including phenoxy) is 1. The van der Waals surface area contributed by atoms with Crippen LogP contribution in [0.25, 0.3) is 0 Å². The smallest absolute Gasteiger partial charge is 0.140 e. The van der Waals surface area contributed by atoms with Gasteiger partial charge >= 0.3 is 0 Å². The third kappa shape index (κ3) is 1.26. The van der Waals surface area contributed by atoms with E-state index in [0.717, 1.165) is 11.4 Å². The van der Waals surface area contributed by atoms with Gasteiger partial charge in [-0.1, -0.05) is 0 Å². The Kier molecular flexibility index (Phi) is 2.26. The van der Waals surface area contributed by atoms with Crippen LogP contribution in [0.2, 0.25) is 0 Å². The molecule has 1 aromatic heterocycles. The van der Waals surface area contributed by atoms with Gasteiger partial charge in [0.1, 0.15) is 5.75 Å². The fourth-order valence-electron chi connectivity index (χ4n) is 0.797. The van der Waals surface area contributed by atoms with Crippen LogP contribution < -0.4 is 4.74 Å². The summed E-state index contributed by atoms with van der Waals surface area (Å²) in [6.45, 7) is 3.72. The third-order valence-electron chi connectivity index (χ3n) is 1.31. The molecule has 2 heteroatoms. The highest BCUT2D eigenvalue weighted by Crippen LogP contribution is 2.13. The summed E-state index contributed by atoms with van der Waals surface area (Å²) in [5.41, 5.74) is 0.907. The summed E-state index contributed by atoms with van der Waals surface area (Å²) >= 11 is 0. The molecule has 0 aromatic carbocycles. The molecule has 0 bridgehead atoms. The number of nitrogens with zero attached hydrogens (tertiary/aromatic N) is 1. The molecule has 1 radical (unpaired) electrons. The van der Waals surface area contributed by atoms with Crippen molar-refractivity contribution in [3.63, 3.8) is 0 Å². The molecular formula is C8H10NO. The SMILES string of the molecule is [CH2]Cc1ncccc1OC. The number of pyridine rings is 1. The Morgan fingerprint density at radius 1 is 1.70 bits per heavy atom. The van der Waals surface area contributed by atoms with Gasteiger partial charge in [-0.2, -0.15) is 0 Å². The van der Waals surface area contributed by atoms with E-state index in [4.69, 9.17) is 4.74 Å². The Balaban J connectivity index is 2.96. The largest absolute Gasteiger partial charge is 0.495 e. The van der Waals surface area contributed by atoms with Crippen LogP contribution >= 0.6 is 0 Å². The second kappa shape index (κ2) is 3.20. The number of aromatic nitrogens is 1.